The summed E-state index contributed by atoms with van der Waals surface area (Å²) < 4.78 is 0. The van der Waals surface area contributed by atoms with E-state index >= 15 is 0 Å². The zero-order chi connectivity index (χ0) is 14.5. The van der Waals surface area contributed by atoms with Gasteiger partial charge in [-0.05, 0) is 49.4 Å². The SMILES string of the molecule is CNC(CSc1ccccc1C)c1cc(Cl)ccc1Cl. The van der Waals surface area contributed by atoms with Crippen LogP contribution in [0.3, 0.4) is 0 Å². The minimum absolute atomic E-state index is 0.172. The highest BCUT2D eigenvalue weighted by Gasteiger charge is 2.14. The Labute approximate surface area is 134 Å². The molecule has 0 saturated heterocycles. The predicted molar refractivity (Wildman–Crippen MR) is 90.2 cm³/mol. The van der Waals surface area contributed by atoms with E-state index in [-0.39, 0.29) is 6.04 Å². The first-order valence-electron chi connectivity index (χ1n) is 6.42. The quantitative estimate of drug-likeness (QED) is 0.743. The van der Waals surface area contributed by atoms with Crippen LogP contribution in [0, 0.1) is 6.92 Å². The molecule has 1 unspecified atom stereocenters. The highest BCUT2D eigenvalue weighted by atomic mass is 35.5. The van der Waals surface area contributed by atoms with Crippen LogP contribution < -0.4 is 5.32 Å². The molecule has 0 fully saturated rings. The van der Waals surface area contributed by atoms with Gasteiger partial charge in [0, 0.05) is 26.7 Å². The van der Waals surface area contributed by atoms with E-state index in [0.29, 0.717) is 5.02 Å². The number of hydrogen-bond donors (Lipinski definition) is 1. The number of rotatable bonds is 5. The van der Waals surface area contributed by atoms with Crippen LogP contribution in [0.5, 0.6) is 0 Å². The monoisotopic (exact) mass is 325 g/mol. The van der Waals surface area contributed by atoms with Crippen LogP contribution in [0.1, 0.15) is 17.2 Å². The van der Waals surface area contributed by atoms with Crippen molar-refractivity contribution in [3.8, 4) is 0 Å². The van der Waals surface area contributed by atoms with Gasteiger partial charge >= 0.3 is 0 Å². The van der Waals surface area contributed by atoms with Crippen molar-refractivity contribution in [1.82, 2.24) is 5.32 Å². The number of aryl methyl sites for hydroxylation is 1. The fraction of sp³-hybridized carbons (Fsp3) is 0.250. The van der Waals surface area contributed by atoms with Crippen molar-refractivity contribution in [2.45, 2.75) is 17.9 Å². The predicted octanol–water partition coefficient (Wildman–Crippen LogP) is 5.35. The van der Waals surface area contributed by atoms with Crippen molar-refractivity contribution < 1.29 is 0 Å². The maximum Gasteiger partial charge on any atom is 0.0455 e. The number of nitrogens with one attached hydrogen (secondary N) is 1. The normalized spacial score (nSPS) is 12.4. The molecular formula is C16H17Cl2NS. The summed E-state index contributed by atoms with van der Waals surface area (Å²) in [6.45, 7) is 2.13. The minimum atomic E-state index is 0.172. The summed E-state index contributed by atoms with van der Waals surface area (Å²) in [6, 6.07) is 14.2. The van der Waals surface area contributed by atoms with E-state index in [1.165, 1.54) is 10.5 Å². The zero-order valence-electron chi connectivity index (χ0n) is 11.5. The Balaban J connectivity index is 2.13. The molecule has 0 aromatic heterocycles. The molecule has 1 nitrogen and oxygen atoms in total. The van der Waals surface area contributed by atoms with Crippen LogP contribution >= 0.6 is 35.0 Å². The zero-order valence-corrected chi connectivity index (χ0v) is 13.8. The van der Waals surface area contributed by atoms with Crippen molar-refractivity contribution in [1.29, 1.82) is 0 Å². The first kappa shape index (κ1) is 15.7. The Hall–Kier alpha value is -0.670. The third-order valence-electron chi connectivity index (χ3n) is 3.18. The van der Waals surface area contributed by atoms with Crippen LogP contribution in [0.4, 0.5) is 0 Å². The lowest BCUT2D eigenvalue weighted by atomic mass is 10.1. The first-order chi connectivity index (χ1) is 9.61. The van der Waals surface area contributed by atoms with Crippen molar-refractivity contribution in [2.24, 2.45) is 0 Å². The van der Waals surface area contributed by atoms with Gasteiger partial charge in [0.25, 0.3) is 0 Å². The molecule has 1 atom stereocenters. The van der Waals surface area contributed by atoms with Crippen molar-refractivity contribution >= 4 is 35.0 Å². The smallest absolute Gasteiger partial charge is 0.0455 e. The summed E-state index contributed by atoms with van der Waals surface area (Å²) in [5.41, 5.74) is 2.34. The van der Waals surface area contributed by atoms with Gasteiger partial charge in [0.05, 0.1) is 0 Å². The fourth-order valence-corrected chi connectivity index (χ4v) is 3.59. The second-order valence-electron chi connectivity index (χ2n) is 4.58. The minimum Gasteiger partial charge on any atom is -0.312 e. The largest absolute Gasteiger partial charge is 0.312 e. The van der Waals surface area contributed by atoms with E-state index in [1.807, 2.05) is 37.0 Å². The molecule has 0 aliphatic rings. The van der Waals surface area contributed by atoms with Gasteiger partial charge in [0.1, 0.15) is 0 Å². The molecule has 20 heavy (non-hydrogen) atoms. The topological polar surface area (TPSA) is 12.0 Å². The number of benzene rings is 2. The van der Waals surface area contributed by atoms with E-state index in [4.69, 9.17) is 23.2 Å². The Morgan fingerprint density at radius 2 is 1.90 bits per heavy atom. The molecule has 0 heterocycles. The van der Waals surface area contributed by atoms with Gasteiger partial charge in [-0.15, -0.1) is 11.8 Å². The molecule has 106 valence electrons. The molecular weight excluding hydrogens is 309 g/mol. The highest BCUT2D eigenvalue weighted by Crippen LogP contribution is 2.31. The molecule has 0 spiro atoms. The molecule has 2 rings (SSSR count). The summed E-state index contributed by atoms with van der Waals surface area (Å²) in [4.78, 5) is 1.30. The Bertz CT molecular complexity index is 586. The fourth-order valence-electron chi connectivity index (χ4n) is 2.00. The maximum atomic E-state index is 6.27. The average Bonchev–Trinajstić information content (AvgIpc) is 2.45. The van der Waals surface area contributed by atoms with Gasteiger partial charge in [-0.2, -0.15) is 0 Å². The van der Waals surface area contributed by atoms with Crippen molar-refractivity contribution in [2.75, 3.05) is 12.8 Å². The van der Waals surface area contributed by atoms with Crippen LogP contribution in [0.2, 0.25) is 10.0 Å². The molecule has 0 bridgehead atoms. The van der Waals surface area contributed by atoms with E-state index in [9.17, 15) is 0 Å². The second kappa shape index (κ2) is 7.37. The molecule has 0 radical (unpaired) electrons. The van der Waals surface area contributed by atoms with Crippen molar-refractivity contribution in [3.05, 3.63) is 63.6 Å². The Morgan fingerprint density at radius 1 is 1.15 bits per heavy atom. The molecule has 4 heteroatoms. The lowest BCUT2D eigenvalue weighted by Gasteiger charge is -2.18. The third-order valence-corrected chi connectivity index (χ3v) is 5.03. The number of thioether (sulfide) groups is 1. The van der Waals surface area contributed by atoms with Gasteiger partial charge in [-0.25, -0.2) is 0 Å². The summed E-state index contributed by atoms with van der Waals surface area (Å²) in [5.74, 6) is 0.904. The van der Waals surface area contributed by atoms with E-state index in [2.05, 4.69) is 36.5 Å². The molecule has 0 amide bonds. The summed E-state index contributed by atoms with van der Waals surface area (Å²) in [6.07, 6.45) is 0. The molecule has 2 aromatic carbocycles. The van der Waals surface area contributed by atoms with E-state index in [0.717, 1.165) is 16.3 Å². The van der Waals surface area contributed by atoms with Crippen LogP contribution in [0.15, 0.2) is 47.4 Å². The summed E-state index contributed by atoms with van der Waals surface area (Å²) in [7, 11) is 1.94. The first-order valence-corrected chi connectivity index (χ1v) is 8.16. The van der Waals surface area contributed by atoms with Gasteiger partial charge in [0.2, 0.25) is 0 Å². The highest BCUT2D eigenvalue weighted by molar-refractivity contribution is 7.99. The number of hydrogen-bond acceptors (Lipinski definition) is 2. The van der Waals surface area contributed by atoms with Gasteiger partial charge < -0.3 is 5.32 Å². The van der Waals surface area contributed by atoms with E-state index < -0.39 is 0 Å². The van der Waals surface area contributed by atoms with Gasteiger partial charge in [0.15, 0.2) is 0 Å². The molecule has 2 aromatic rings. The lowest BCUT2D eigenvalue weighted by molar-refractivity contribution is 0.662. The van der Waals surface area contributed by atoms with Gasteiger partial charge in [-0.3, -0.25) is 0 Å². The van der Waals surface area contributed by atoms with Crippen LogP contribution in [-0.4, -0.2) is 12.8 Å². The van der Waals surface area contributed by atoms with Gasteiger partial charge in [-0.1, -0.05) is 41.4 Å². The maximum absolute atomic E-state index is 6.27. The molecule has 1 N–H and O–H groups in total. The summed E-state index contributed by atoms with van der Waals surface area (Å²) >= 11 is 14.2. The molecule has 0 saturated carbocycles. The van der Waals surface area contributed by atoms with E-state index in [1.54, 1.807) is 0 Å². The van der Waals surface area contributed by atoms with Crippen LogP contribution in [-0.2, 0) is 0 Å². The molecule has 0 aliphatic carbocycles. The van der Waals surface area contributed by atoms with Crippen LogP contribution in [0.25, 0.3) is 0 Å². The number of halogens is 2. The lowest BCUT2D eigenvalue weighted by Crippen LogP contribution is -2.19. The standard InChI is InChI=1S/C16H17Cl2NS/c1-11-5-3-4-6-16(11)20-10-15(19-2)13-9-12(17)7-8-14(13)18/h3-9,15,19H,10H2,1-2H3. The Kier molecular flexibility index (Phi) is 5.79. The van der Waals surface area contributed by atoms with Crippen molar-refractivity contribution in [3.63, 3.8) is 0 Å². The second-order valence-corrected chi connectivity index (χ2v) is 6.49. The Morgan fingerprint density at radius 3 is 2.60 bits per heavy atom. The summed E-state index contributed by atoms with van der Waals surface area (Å²) in [5, 5.41) is 4.77. The third kappa shape index (κ3) is 3.92. The molecule has 0 aliphatic heterocycles. The average molecular weight is 326 g/mol.